The Labute approximate surface area is 204 Å². The van der Waals surface area contributed by atoms with Gasteiger partial charge in [0.15, 0.2) is 11.5 Å². The van der Waals surface area contributed by atoms with Crippen LogP contribution in [0.25, 0.3) is 11.1 Å². The lowest BCUT2D eigenvalue weighted by molar-refractivity contribution is 0.412. The number of fused-ring (bicyclic) bond motifs is 1. The van der Waals surface area contributed by atoms with E-state index in [0.29, 0.717) is 18.3 Å². The van der Waals surface area contributed by atoms with Gasteiger partial charge in [-0.2, -0.15) is 8.42 Å². The van der Waals surface area contributed by atoms with Crippen LogP contribution in [0.2, 0.25) is 0 Å². The van der Waals surface area contributed by atoms with Crippen LogP contribution in [0.1, 0.15) is 17.5 Å². The molecule has 2 heterocycles. The fourth-order valence-corrected chi connectivity index (χ4v) is 5.10. The lowest BCUT2D eigenvalue weighted by Crippen LogP contribution is -2.46. The smallest absolute Gasteiger partial charge is 0.306 e. The highest BCUT2D eigenvalue weighted by molar-refractivity contribution is 7.86. The molecule has 0 saturated heterocycles. The van der Waals surface area contributed by atoms with Crippen LogP contribution in [0.3, 0.4) is 0 Å². The maximum Gasteiger partial charge on any atom is 0.306 e. The number of hydrogen-bond acceptors (Lipinski definition) is 8. The van der Waals surface area contributed by atoms with Crippen LogP contribution in [-0.4, -0.2) is 51.6 Å². The van der Waals surface area contributed by atoms with Crippen LogP contribution >= 0.6 is 0 Å². The summed E-state index contributed by atoms with van der Waals surface area (Å²) in [6, 6.07) is 23.0. The Balaban J connectivity index is 1.69. The van der Waals surface area contributed by atoms with Gasteiger partial charge in [-0.25, -0.2) is 4.99 Å². The van der Waals surface area contributed by atoms with Crippen molar-refractivity contribution in [2.45, 2.75) is 12.0 Å². The maximum atomic E-state index is 11.7. The van der Waals surface area contributed by atoms with Gasteiger partial charge in [0.2, 0.25) is 0 Å². The predicted molar refractivity (Wildman–Crippen MR) is 136 cm³/mol. The van der Waals surface area contributed by atoms with E-state index < -0.39 is 15.7 Å². The topological polar surface area (TPSA) is 107 Å². The number of aliphatic imine (C=N–C) groups is 2. The second kappa shape index (κ2) is 8.74. The molecule has 0 spiro atoms. The normalized spacial score (nSPS) is 19.5. The number of ether oxygens (including phenoxy) is 1. The first-order valence-electron chi connectivity index (χ1n) is 11.2. The average molecular weight is 491 g/mol. The number of hydrogen-bond donors (Lipinski definition) is 1. The van der Waals surface area contributed by atoms with E-state index >= 15 is 0 Å². The highest BCUT2D eigenvalue weighted by Crippen LogP contribution is 2.42. The van der Waals surface area contributed by atoms with Crippen molar-refractivity contribution in [2.75, 3.05) is 26.5 Å². The first kappa shape index (κ1) is 22.9. The molecule has 3 aromatic carbocycles. The van der Waals surface area contributed by atoms with Crippen LogP contribution in [0.4, 0.5) is 0 Å². The molecule has 2 N–H and O–H groups in total. The molecule has 9 heteroatoms. The highest BCUT2D eigenvalue weighted by Gasteiger charge is 2.49. The van der Waals surface area contributed by atoms with Crippen LogP contribution < -0.4 is 14.7 Å². The van der Waals surface area contributed by atoms with Gasteiger partial charge < -0.3 is 14.7 Å². The molecule has 0 bridgehead atoms. The van der Waals surface area contributed by atoms with Gasteiger partial charge >= 0.3 is 10.1 Å². The van der Waals surface area contributed by atoms with Crippen molar-refractivity contribution in [3.05, 3.63) is 83.9 Å². The van der Waals surface area contributed by atoms with E-state index in [4.69, 9.17) is 24.6 Å². The van der Waals surface area contributed by atoms with E-state index in [1.165, 1.54) is 13.2 Å². The van der Waals surface area contributed by atoms with Gasteiger partial charge in [-0.1, -0.05) is 48.5 Å². The molecule has 5 rings (SSSR count). The van der Waals surface area contributed by atoms with Gasteiger partial charge in [-0.05, 0) is 46.9 Å². The van der Waals surface area contributed by atoms with Crippen LogP contribution in [0.15, 0.2) is 82.8 Å². The van der Waals surface area contributed by atoms with E-state index in [0.717, 1.165) is 47.3 Å². The number of benzene rings is 3. The van der Waals surface area contributed by atoms with Crippen molar-refractivity contribution in [1.29, 1.82) is 0 Å². The number of amidine groups is 1. The fraction of sp³-hybridized carbons (Fsp3) is 0.231. The van der Waals surface area contributed by atoms with Crippen LogP contribution in [-0.2, 0) is 15.7 Å². The van der Waals surface area contributed by atoms with Crippen molar-refractivity contribution in [2.24, 2.45) is 15.7 Å². The molecular weight excluding hydrogens is 464 g/mol. The highest BCUT2D eigenvalue weighted by atomic mass is 32.2. The summed E-state index contributed by atoms with van der Waals surface area (Å²) in [6.07, 6.45) is 1.92. The zero-order valence-electron chi connectivity index (χ0n) is 19.5. The van der Waals surface area contributed by atoms with E-state index in [1.807, 2.05) is 65.6 Å². The standard InChI is InChI=1S/C26H26N4O4S/c1-33-22-15-19(16-23(17-22)34-35(2,31)32)18-8-6-11-21(14-18)26(20-9-4-3-5-10-20)24-28-12-7-13-30(24)25(27)29-26/h3-6,8-11,14-17H,7,12-13H2,1-2H3,(H2,27,29). The van der Waals surface area contributed by atoms with Crippen molar-refractivity contribution < 1.29 is 17.3 Å². The molecule has 1 unspecified atom stereocenters. The molecule has 0 aromatic heterocycles. The Morgan fingerprint density at radius 2 is 1.69 bits per heavy atom. The van der Waals surface area contributed by atoms with Gasteiger partial charge in [0.1, 0.15) is 17.3 Å². The minimum absolute atomic E-state index is 0.177. The summed E-state index contributed by atoms with van der Waals surface area (Å²) in [5.74, 6) is 1.92. The first-order chi connectivity index (χ1) is 16.8. The summed E-state index contributed by atoms with van der Waals surface area (Å²) < 4.78 is 34.0. The Morgan fingerprint density at radius 1 is 0.943 bits per heavy atom. The van der Waals surface area contributed by atoms with Gasteiger partial charge in [0, 0.05) is 19.2 Å². The number of guanidine groups is 1. The molecule has 8 nitrogen and oxygen atoms in total. The molecule has 0 aliphatic carbocycles. The van der Waals surface area contributed by atoms with Gasteiger partial charge in [0.05, 0.1) is 13.4 Å². The molecule has 0 fully saturated rings. The van der Waals surface area contributed by atoms with Crippen LogP contribution in [0, 0.1) is 0 Å². The van der Waals surface area contributed by atoms with Gasteiger partial charge in [-0.15, -0.1) is 0 Å². The average Bonchev–Trinajstić information content (AvgIpc) is 3.17. The summed E-state index contributed by atoms with van der Waals surface area (Å²) in [4.78, 5) is 11.9. The Kier molecular flexibility index (Phi) is 5.72. The van der Waals surface area contributed by atoms with Gasteiger partial charge in [-0.3, -0.25) is 9.89 Å². The monoisotopic (exact) mass is 490 g/mol. The van der Waals surface area contributed by atoms with Crippen LogP contribution in [0.5, 0.6) is 11.5 Å². The zero-order valence-corrected chi connectivity index (χ0v) is 20.3. The Hall–Kier alpha value is -3.85. The third-order valence-corrected chi connectivity index (χ3v) is 6.60. The maximum absolute atomic E-state index is 11.7. The molecule has 0 radical (unpaired) electrons. The zero-order chi connectivity index (χ0) is 24.6. The minimum Gasteiger partial charge on any atom is -0.497 e. The van der Waals surface area contributed by atoms with E-state index in [9.17, 15) is 8.42 Å². The second-order valence-corrected chi connectivity index (χ2v) is 10.1. The SMILES string of the molecule is COc1cc(OS(C)(=O)=O)cc(-c2cccc(C3(c4ccccc4)N=C(N)N4CCCN=C43)c2)c1. The fourth-order valence-electron chi connectivity index (χ4n) is 4.66. The molecule has 0 saturated carbocycles. The first-order valence-corrected chi connectivity index (χ1v) is 13.0. The number of nitrogens with zero attached hydrogens (tertiary/aromatic N) is 3. The van der Waals surface area contributed by atoms with E-state index in [-0.39, 0.29) is 5.75 Å². The lowest BCUT2D eigenvalue weighted by Gasteiger charge is -2.33. The summed E-state index contributed by atoms with van der Waals surface area (Å²) >= 11 is 0. The van der Waals surface area contributed by atoms with Crippen molar-refractivity contribution in [3.63, 3.8) is 0 Å². The number of methoxy groups -OCH3 is 1. The molecule has 35 heavy (non-hydrogen) atoms. The Bertz CT molecular complexity index is 1440. The minimum atomic E-state index is -3.70. The van der Waals surface area contributed by atoms with E-state index in [1.54, 1.807) is 6.07 Å². The molecule has 1 atom stereocenters. The lowest BCUT2D eigenvalue weighted by atomic mass is 9.81. The molecule has 2 aliphatic heterocycles. The second-order valence-electron chi connectivity index (χ2n) is 8.52. The summed E-state index contributed by atoms with van der Waals surface area (Å²) in [5, 5.41) is 0. The van der Waals surface area contributed by atoms with Crippen molar-refractivity contribution in [1.82, 2.24) is 4.90 Å². The molecule has 2 aliphatic rings. The molecule has 3 aromatic rings. The van der Waals surface area contributed by atoms with Gasteiger partial charge in [0.25, 0.3) is 0 Å². The number of nitrogens with two attached hydrogens (primary N) is 1. The third-order valence-electron chi connectivity index (χ3n) is 6.11. The van der Waals surface area contributed by atoms with Crippen molar-refractivity contribution in [3.8, 4) is 22.6 Å². The third kappa shape index (κ3) is 4.23. The predicted octanol–water partition coefficient (Wildman–Crippen LogP) is 3.38. The largest absolute Gasteiger partial charge is 0.497 e. The van der Waals surface area contributed by atoms with Crippen molar-refractivity contribution >= 4 is 21.9 Å². The van der Waals surface area contributed by atoms with E-state index in [2.05, 4.69) is 0 Å². The molecular formula is C26H26N4O4S. The Morgan fingerprint density at radius 3 is 2.43 bits per heavy atom. The summed E-state index contributed by atoms with van der Waals surface area (Å²) in [5.41, 5.74) is 8.99. The quantitative estimate of drug-likeness (QED) is 0.531. The summed E-state index contributed by atoms with van der Waals surface area (Å²) in [7, 11) is -2.17. The number of rotatable bonds is 6. The summed E-state index contributed by atoms with van der Waals surface area (Å²) in [6.45, 7) is 1.48. The molecule has 0 amide bonds. The molecule has 180 valence electrons.